The van der Waals surface area contributed by atoms with Crippen LogP contribution < -0.4 is 5.56 Å². The molecule has 0 aliphatic carbocycles. The lowest BCUT2D eigenvalue weighted by Gasteiger charge is -2.01. The van der Waals surface area contributed by atoms with Crippen molar-refractivity contribution in [2.75, 3.05) is 6.61 Å². The highest BCUT2D eigenvalue weighted by Crippen LogP contribution is 2.12. The number of pyridine rings is 1. The molecular weight excluding hydrogens is 216 g/mol. The van der Waals surface area contributed by atoms with Crippen LogP contribution in [0, 0.1) is 10.1 Å². The maximum Gasteiger partial charge on any atom is 0.337 e. The van der Waals surface area contributed by atoms with Crippen LogP contribution in [0.25, 0.3) is 0 Å². The standard InChI is InChI=1S/C9H10N2O5/c1-2-16-7(12)5-6-3-4-10-9(13)8(6)11(14)15/h3-4H,2,5H2,1H3,(H,10,13). The van der Waals surface area contributed by atoms with E-state index >= 15 is 0 Å². The summed E-state index contributed by atoms with van der Waals surface area (Å²) in [5, 5.41) is 10.6. The second-order valence-corrected chi connectivity index (χ2v) is 2.92. The fourth-order valence-electron chi connectivity index (χ4n) is 1.22. The van der Waals surface area contributed by atoms with E-state index in [1.54, 1.807) is 6.92 Å². The number of nitrogens with one attached hydrogen (secondary N) is 1. The van der Waals surface area contributed by atoms with Gasteiger partial charge in [-0.25, -0.2) is 0 Å². The molecule has 1 N–H and O–H groups in total. The Morgan fingerprint density at radius 3 is 2.88 bits per heavy atom. The van der Waals surface area contributed by atoms with Crippen molar-refractivity contribution in [3.8, 4) is 0 Å². The third-order valence-corrected chi connectivity index (χ3v) is 1.84. The molecule has 1 aromatic heterocycles. The van der Waals surface area contributed by atoms with Crippen LogP contribution in [-0.2, 0) is 16.0 Å². The van der Waals surface area contributed by atoms with E-state index in [0.717, 1.165) is 0 Å². The molecule has 0 aliphatic rings. The van der Waals surface area contributed by atoms with E-state index in [4.69, 9.17) is 0 Å². The molecule has 7 nitrogen and oxygen atoms in total. The highest BCUT2D eigenvalue weighted by atomic mass is 16.6. The number of nitro groups is 1. The van der Waals surface area contributed by atoms with Crippen LogP contribution in [0.3, 0.4) is 0 Å². The molecule has 1 aromatic rings. The lowest BCUT2D eigenvalue weighted by Crippen LogP contribution is -2.16. The first-order valence-electron chi connectivity index (χ1n) is 4.56. The molecule has 86 valence electrons. The topological polar surface area (TPSA) is 102 Å². The second-order valence-electron chi connectivity index (χ2n) is 2.92. The molecule has 0 atom stereocenters. The molecular formula is C9H10N2O5. The summed E-state index contributed by atoms with van der Waals surface area (Å²) in [5.74, 6) is -0.601. The van der Waals surface area contributed by atoms with Crippen molar-refractivity contribution in [1.29, 1.82) is 0 Å². The van der Waals surface area contributed by atoms with E-state index in [0.29, 0.717) is 0 Å². The van der Waals surface area contributed by atoms with Gasteiger partial charge >= 0.3 is 17.2 Å². The van der Waals surface area contributed by atoms with Crippen LogP contribution in [0.4, 0.5) is 5.69 Å². The van der Waals surface area contributed by atoms with Gasteiger partial charge < -0.3 is 9.72 Å². The summed E-state index contributed by atoms with van der Waals surface area (Å²) in [6, 6.07) is 1.32. The highest BCUT2D eigenvalue weighted by molar-refractivity contribution is 5.73. The van der Waals surface area contributed by atoms with Gasteiger partial charge in [0.15, 0.2) is 0 Å². The zero-order valence-corrected chi connectivity index (χ0v) is 8.56. The summed E-state index contributed by atoms with van der Waals surface area (Å²) in [6.07, 6.45) is 0.970. The van der Waals surface area contributed by atoms with Gasteiger partial charge in [-0.05, 0) is 13.0 Å². The van der Waals surface area contributed by atoms with Crippen molar-refractivity contribution in [2.24, 2.45) is 0 Å². The zero-order chi connectivity index (χ0) is 12.1. The average Bonchev–Trinajstić information content (AvgIpc) is 2.17. The maximum atomic E-state index is 11.2. The quantitative estimate of drug-likeness (QED) is 0.454. The number of aromatic nitrogens is 1. The van der Waals surface area contributed by atoms with Crippen molar-refractivity contribution in [3.05, 3.63) is 38.3 Å². The van der Waals surface area contributed by atoms with E-state index in [1.807, 2.05) is 0 Å². The maximum absolute atomic E-state index is 11.2. The summed E-state index contributed by atoms with van der Waals surface area (Å²) in [6.45, 7) is 1.82. The minimum absolute atomic E-state index is 0.0483. The molecule has 0 aromatic carbocycles. The summed E-state index contributed by atoms with van der Waals surface area (Å²) >= 11 is 0. The van der Waals surface area contributed by atoms with Gasteiger partial charge in [-0.15, -0.1) is 0 Å². The number of hydrogen-bond donors (Lipinski definition) is 1. The number of rotatable bonds is 4. The monoisotopic (exact) mass is 226 g/mol. The lowest BCUT2D eigenvalue weighted by atomic mass is 10.1. The molecule has 16 heavy (non-hydrogen) atoms. The van der Waals surface area contributed by atoms with Gasteiger partial charge in [0.2, 0.25) is 0 Å². The minimum Gasteiger partial charge on any atom is -0.466 e. The molecule has 0 saturated carbocycles. The van der Waals surface area contributed by atoms with Gasteiger partial charge in [0.05, 0.1) is 18.0 Å². The van der Waals surface area contributed by atoms with Crippen LogP contribution in [-0.4, -0.2) is 22.5 Å². The molecule has 0 aliphatic heterocycles. The van der Waals surface area contributed by atoms with Crippen molar-refractivity contribution in [1.82, 2.24) is 4.98 Å². The van der Waals surface area contributed by atoms with Crippen molar-refractivity contribution in [3.63, 3.8) is 0 Å². The third-order valence-electron chi connectivity index (χ3n) is 1.84. The van der Waals surface area contributed by atoms with Crippen LogP contribution in [0.15, 0.2) is 17.1 Å². The number of carbonyl (C=O) groups excluding carboxylic acids is 1. The molecule has 1 heterocycles. The van der Waals surface area contributed by atoms with E-state index in [9.17, 15) is 19.7 Å². The van der Waals surface area contributed by atoms with Crippen molar-refractivity contribution in [2.45, 2.75) is 13.3 Å². The Morgan fingerprint density at radius 2 is 2.31 bits per heavy atom. The first kappa shape index (κ1) is 11.9. The molecule has 0 amide bonds. The van der Waals surface area contributed by atoms with E-state index in [1.165, 1.54) is 12.3 Å². The van der Waals surface area contributed by atoms with E-state index in [-0.39, 0.29) is 18.6 Å². The number of carbonyl (C=O) groups is 1. The largest absolute Gasteiger partial charge is 0.466 e. The Bertz CT molecular complexity index is 465. The van der Waals surface area contributed by atoms with E-state index < -0.39 is 22.1 Å². The Morgan fingerprint density at radius 1 is 1.62 bits per heavy atom. The number of esters is 1. The normalized spacial score (nSPS) is 9.81. The van der Waals surface area contributed by atoms with Crippen LogP contribution in [0.2, 0.25) is 0 Å². The fraction of sp³-hybridized carbons (Fsp3) is 0.333. The lowest BCUT2D eigenvalue weighted by molar-refractivity contribution is -0.387. The van der Waals surface area contributed by atoms with Crippen LogP contribution in [0.5, 0.6) is 0 Å². The molecule has 0 spiro atoms. The van der Waals surface area contributed by atoms with Gasteiger partial charge in [0.25, 0.3) is 0 Å². The fourth-order valence-corrected chi connectivity index (χ4v) is 1.22. The molecule has 0 radical (unpaired) electrons. The van der Waals surface area contributed by atoms with Crippen molar-refractivity contribution >= 4 is 11.7 Å². The summed E-state index contributed by atoms with van der Waals surface area (Å²) in [4.78, 5) is 34.3. The third kappa shape index (κ3) is 2.66. The first-order valence-corrected chi connectivity index (χ1v) is 4.56. The van der Waals surface area contributed by atoms with Gasteiger partial charge in [0.1, 0.15) is 0 Å². The number of hydrogen-bond acceptors (Lipinski definition) is 5. The average molecular weight is 226 g/mol. The van der Waals surface area contributed by atoms with Crippen LogP contribution in [0.1, 0.15) is 12.5 Å². The molecule has 0 unspecified atom stereocenters. The smallest absolute Gasteiger partial charge is 0.337 e. The Labute approximate surface area is 90.2 Å². The van der Waals surface area contributed by atoms with Gasteiger partial charge in [-0.2, -0.15) is 0 Å². The van der Waals surface area contributed by atoms with Crippen molar-refractivity contribution < 1.29 is 14.5 Å². The first-order chi connectivity index (χ1) is 7.56. The highest BCUT2D eigenvalue weighted by Gasteiger charge is 2.20. The van der Waals surface area contributed by atoms with E-state index in [2.05, 4.69) is 9.72 Å². The summed E-state index contributed by atoms with van der Waals surface area (Å²) in [5.41, 5.74) is -1.39. The zero-order valence-electron chi connectivity index (χ0n) is 8.56. The number of nitrogens with zero attached hydrogens (tertiary/aromatic N) is 1. The second kappa shape index (κ2) is 5.06. The number of H-pyrrole nitrogens is 1. The minimum atomic E-state index is -0.827. The molecule has 1 rings (SSSR count). The molecule has 0 saturated heterocycles. The molecule has 7 heteroatoms. The molecule has 0 bridgehead atoms. The predicted molar refractivity (Wildman–Crippen MR) is 54.1 cm³/mol. The Kier molecular flexibility index (Phi) is 3.76. The van der Waals surface area contributed by atoms with Gasteiger partial charge in [-0.1, -0.05) is 0 Å². The summed E-state index contributed by atoms with van der Waals surface area (Å²) in [7, 11) is 0. The number of ether oxygens (including phenoxy) is 1. The Hall–Kier alpha value is -2.18. The van der Waals surface area contributed by atoms with Gasteiger partial charge in [-0.3, -0.25) is 19.7 Å². The molecule has 0 fully saturated rings. The van der Waals surface area contributed by atoms with Gasteiger partial charge in [0, 0.05) is 11.8 Å². The SMILES string of the molecule is CCOC(=O)Cc1cc[nH]c(=O)c1[N+](=O)[O-]. The number of aromatic amines is 1. The van der Waals surface area contributed by atoms with Crippen LogP contribution >= 0.6 is 0 Å². The predicted octanol–water partition coefficient (Wildman–Crippen LogP) is 0.389. The summed E-state index contributed by atoms with van der Waals surface area (Å²) < 4.78 is 4.65. The Balaban J connectivity index is 3.05.